The lowest BCUT2D eigenvalue weighted by atomic mass is 10.1. The molecule has 0 saturated carbocycles. The van der Waals surface area contributed by atoms with Crippen molar-refractivity contribution in [3.05, 3.63) is 48.0 Å². The molecular formula is C24H30N6O3S2. The van der Waals surface area contributed by atoms with Crippen LogP contribution >= 0.6 is 11.3 Å². The Morgan fingerprint density at radius 1 is 1.20 bits per heavy atom. The standard InChI is InChI=1S/C24H30N6O3S2/c1-2-33-24(31)29-35(32)19-10-8-18(9-11-19)27-23-26-17-20(21-7-6-16-34-21)22(28-23)25-12-15-30-13-4-3-5-14-30/h6-11,16-17,35H,2-5,12-15H2,1H3,(H2,25,26,27,28). The van der Waals surface area contributed by atoms with Crippen LogP contribution in [-0.2, 0) is 15.3 Å². The second-order valence-electron chi connectivity index (χ2n) is 8.01. The number of ether oxygens (including phenoxy) is 1. The van der Waals surface area contributed by atoms with E-state index in [1.54, 1.807) is 42.5 Å². The molecule has 35 heavy (non-hydrogen) atoms. The first-order valence-corrected chi connectivity index (χ1v) is 13.8. The zero-order valence-electron chi connectivity index (χ0n) is 19.6. The highest BCUT2D eigenvalue weighted by Gasteiger charge is 2.13. The number of hydrogen-bond donors (Lipinski definition) is 3. The molecule has 0 spiro atoms. The van der Waals surface area contributed by atoms with Gasteiger partial charge in [-0.05, 0) is 68.6 Å². The van der Waals surface area contributed by atoms with Crippen molar-refractivity contribution in [1.82, 2.24) is 14.9 Å². The van der Waals surface area contributed by atoms with Gasteiger partial charge in [0.2, 0.25) is 5.95 Å². The van der Waals surface area contributed by atoms with E-state index in [4.69, 9.17) is 9.72 Å². The number of piperidine rings is 1. The van der Waals surface area contributed by atoms with Gasteiger partial charge in [0.05, 0.1) is 22.8 Å². The maximum atomic E-state index is 12.2. The van der Waals surface area contributed by atoms with Crippen molar-refractivity contribution in [2.75, 3.05) is 43.4 Å². The number of benzene rings is 1. The minimum atomic E-state index is -2.21. The first-order valence-electron chi connectivity index (χ1n) is 11.7. The van der Waals surface area contributed by atoms with Gasteiger partial charge in [0.25, 0.3) is 0 Å². The van der Waals surface area contributed by atoms with Gasteiger partial charge in [-0.2, -0.15) is 4.98 Å². The fraction of sp³-hybridized carbons (Fsp3) is 0.375. The number of nitrogens with zero attached hydrogens (tertiary/aromatic N) is 4. The lowest BCUT2D eigenvalue weighted by molar-refractivity contribution is 0.164. The number of hydrogen-bond acceptors (Lipinski definition) is 9. The molecule has 1 saturated heterocycles. The van der Waals surface area contributed by atoms with Crippen LogP contribution in [0.15, 0.2) is 57.2 Å². The molecule has 1 amide bonds. The van der Waals surface area contributed by atoms with Crippen LogP contribution in [0.1, 0.15) is 26.2 Å². The summed E-state index contributed by atoms with van der Waals surface area (Å²) in [5.74, 6) is 1.24. The van der Waals surface area contributed by atoms with Gasteiger partial charge in [0.15, 0.2) is 0 Å². The molecule has 0 bridgehead atoms. The van der Waals surface area contributed by atoms with Gasteiger partial charge in [-0.1, -0.05) is 12.5 Å². The molecule has 1 fully saturated rings. The summed E-state index contributed by atoms with van der Waals surface area (Å²) in [4.78, 5) is 24.7. The van der Waals surface area contributed by atoms with E-state index < -0.39 is 16.7 Å². The van der Waals surface area contributed by atoms with Gasteiger partial charge < -0.3 is 20.3 Å². The Hall–Kier alpha value is -3.02. The molecule has 1 atom stereocenters. The Kier molecular flexibility index (Phi) is 9.04. The highest BCUT2D eigenvalue weighted by atomic mass is 32.2. The summed E-state index contributed by atoms with van der Waals surface area (Å²) in [7, 11) is -2.21. The zero-order chi connectivity index (χ0) is 24.5. The fourth-order valence-corrected chi connectivity index (χ4v) is 5.25. The predicted molar refractivity (Wildman–Crippen MR) is 141 cm³/mol. The van der Waals surface area contributed by atoms with Gasteiger partial charge in [-0.25, -0.2) is 14.0 Å². The van der Waals surface area contributed by atoms with Crippen LogP contribution in [0.4, 0.5) is 22.2 Å². The molecule has 1 aliphatic rings. The molecule has 3 aromatic rings. The molecule has 1 aliphatic heterocycles. The maximum absolute atomic E-state index is 12.2. The lowest BCUT2D eigenvalue weighted by Crippen LogP contribution is -2.33. The Labute approximate surface area is 211 Å². The van der Waals surface area contributed by atoms with Crippen LogP contribution in [0.25, 0.3) is 10.4 Å². The number of thiophene rings is 1. The second-order valence-corrected chi connectivity index (χ2v) is 10.2. The van der Waals surface area contributed by atoms with Crippen molar-refractivity contribution in [3.8, 4) is 10.4 Å². The highest BCUT2D eigenvalue weighted by Crippen LogP contribution is 2.31. The third-order valence-corrected chi connectivity index (χ3v) is 7.52. The maximum Gasteiger partial charge on any atom is 0.441 e. The molecule has 3 heterocycles. The van der Waals surface area contributed by atoms with E-state index in [9.17, 15) is 9.00 Å². The quantitative estimate of drug-likeness (QED) is 0.341. The van der Waals surface area contributed by atoms with Crippen LogP contribution in [0.5, 0.6) is 0 Å². The normalized spacial score (nSPS) is 15.0. The molecule has 2 N–H and O–H groups in total. The van der Waals surface area contributed by atoms with Gasteiger partial charge >= 0.3 is 6.09 Å². The summed E-state index contributed by atoms with van der Waals surface area (Å²) in [6.45, 7) is 5.96. The van der Waals surface area contributed by atoms with Crippen molar-refractivity contribution in [2.45, 2.75) is 31.1 Å². The number of likely N-dealkylation sites (tertiary alicyclic amines) is 1. The van der Waals surface area contributed by atoms with Crippen LogP contribution in [-0.4, -0.2) is 58.0 Å². The smallest absolute Gasteiger partial charge is 0.441 e. The first kappa shape index (κ1) is 25.1. The number of nitrogens with one attached hydrogen (secondary N) is 2. The van der Waals surface area contributed by atoms with Gasteiger partial charge in [-0.3, -0.25) is 0 Å². The van der Waals surface area contributed by atoms with E-state index in [2.05, 4.69) is 30.9 Å². The number of carbonyl (C=O) groups excluding carboxylic acids is 1. The van der Waals surface area contributed by atoms with E-state index in [1.807, 2.05) is 17.6 Å². The van der Waals surface area contributed by atoms with Crippen molar-refractivity contribution in [2.24, 2.45) is 4.36 Å². The topological polar surface area (TPSA) is 109 Å². The van der Waals surface area contributed by atoms with Gasteiger partial charge in [-0.15, -0.1) is 15.7 Å². The average molecular weight is 515 g/mol. The lowest BCUT2D eigenvalue weighted by Gasteiger charge is -2.26. The molecule has 0 radical (unpaired) electrons. The summed E-state index contributed by atoms with van der Waals surface area (Å²) in [5.41, 5.74) is 1.70. The summed E-state index contributed by atoms with van der Waals surface area (Å²) in [5, 5.41) is 8.75. The molecule has 1 unspecified atom stereocenters. The van der Waals surface area contributed by atoms with E-state index in [0.717, 1.165) is 48.1 Å². The molecular weight excluding hydrogens is 484 g/mol. The van der Waals surface area contributed by atoms with Crippen LogP contribution < -0.4 is 10.6 Å². The van der Waals surface area contributed by atoms with E-state index in [0.29, 0.717) is 10.8 Å². The Morgan fingerprint density at radius 2 is 2.00 bits per heavy atom. The van der Waals surface area contributed by atoms with Crippen LogP contribution in [0.2, 0.25) is 0 Å². The summed E-state index contributed by atoms with van der Waals surface area (Å²) >= 11 is 1.65. The minimum Gasteiger partial charge on any atom is -0.448 e. The second kappa shape index (κ2) is 12.6. The molecule has 2 aromatic heterocycles. The van der Waals surface area contributed by atoms with E-state index in [-0.39, 0.29) is 6.61 Å². The molecule has 9 nitrogen and oxygen atoms in total. The summed E-state index contributed by atoms with van der Waals surface area (Å²) in [6.07, 6.45) is 4.87. The van der Waals surface area contributed by atoms with Gasteiger partial charge in [0.1, 0.15) is 5.82 Å². The number of amides is 1. The Morgan fingerprint density at radius 3 is 2.71 bits per heavy atom. The van der Waals surface area contributed by atoms with Crippen molar-refractivity contribution >= 4 is 45.5 Å². The number of thiol groups is 1. The minimum absolute atomic E-state index is 0.189. The molecule has 1 aromatic carbocycles. The number of rotatable bonds is 9. The largest absolute Gasteiger partial charge is 0.448 e. The highest BCUT2D eigenvalue weighted by molar-refractivity contribution is 7.75. The monoisotopic (exact) mass is 514 g/mol. The van der Waals surface area contributed by atoms with Crippen LogP contribution in [0.3, 0.4) is 0 Å². The number of carbonyl (C=O) groups is 1. The number of anilines is 3. The Balaban J connectivity index is 1.46. The third kappa shape index (κ3) is 7.23. The summed E-state index contributed by atoms with van der Waals surface area (Å²) < 4.78 is 20.5. The molecule has 186 valence electrons. The summed E-state index contributed by atoms with van der Waals surface area (Å²) in [6, 6.07) is 10.9. The predicted octanol–water partition coefficient (Wildman–Crippen LogP) is 5.03. The third-order valence-electron chi connectivity index (χ3n) is 5.53. The van der Waals surface area contributed by atoms with Gasteiger partial charge in [0, 0.05) is 34.7 Å². The fourth-order valence-electron chi connectivity index (χ4n) is 3.79. The number of aromatic nitrogens is 2. The van der Waals surface area contributed by atoms with Crippen molar-refractivity contribution in [1.29, 1.82) is 0 Å². The average Bonchev–Trinajstić information content (AvgIpc) is 3.40. The SMILES string of the molecule is CCOC(=O)/N=[SH](=O)/c1ccc(Nc2ncc(-c3cccs3)c(NCCN3CCCCC3)n2)cc1. The van der Waals surface area contributed by atoms with Crippen LogP contribution in [0, 0.1) is 0 Å². The molecule has 0 aliphatic carbocycles. The van der Waals surface area contributed by atoms with Crippen molar-refractivity contribution in [3.63, 3.8) is 0 Å². The Bertz CT molecular complexity index is 1190. The van der Waals surface area contributed by atoms with E-state index in [1.165, 1.54) is 19.3 Å². The molecule has 11 heteroatoms. The molecule has 4 rings (SSSR count). The zero-order valence-corrected chi connectivity index (χ0v) is 21.4. The van der Waals surface area contributed by atoms with Crippen molar-refractivity contribution < 1.29 is 13.7 Å². The van der Waals surface area contributed by atoms with E-state index >= 15 is 0 Å². The first-order chi connectivity index (χ1) is 17.1.